The number of nitrogens with zero attached hydrogens (tertiary/aromatic N) is 2. The summed E-state index contributed by atoms with van der Waals surface area (Å²) in [7, 11) is 0. The van der Waals surface area contributed by atoms with Gasteiger partial charge in [0.15, 0.2) is 0 Å². The molecular weight excluding hydrogens is 265 g/mol. The van der Waals surface area contributed by atoms with Gasteiger partial charge in [0.05, 0.1) is 17.8 Å². The molecule has 0 spiro atoms. The largest absolute Gasteiger partial charge is 0.310 e. The normalized spacial score (nSPS) is 11.2. The van der Waals surface area contributed by atoms with Crippen LogP contribution in [0.5, 0.6) is 0 Å². The Morgan fingerprint density at radius 1 is 1.37 bits per heavy atom. The maximum Gasteiger partial charge on any atom is 0.141 e. The van der Waals surface area contributed by atoms with E-state index in [-0.39, 0.29) is 5.02 Å². The number of aromatic nitrogens is 2. The molecule has 0 saturated heterocycles. The predicted molar refractivity (Wildman–Crippen MR) is 74.7 cm³/mol. The lowest BCUT2D eigenvalue weighted by atomic mass is 10.2. The van der Waals surface area contributed by atoms with Crippen molar-refractivity contribution >= 4 is 11.6 Å². The third-order valence-corrected chi connectivity index (χ3v) is 3.02. The van der Waals surface area contributed by atoms with Crippen molar-refractivity contribution < 1.29 is 4.39 Å². The highest BCUT2D eigenvalue weighted by Gasteiger charge is 2.04. The molecule has 1 heterocycles. The van der Waals surface area contributed by atoms with E-state index in [0.717, 1.165) is 17.7 Å². The van der Waals surface area contributed by atoms with Crippen molar-refractivity contribution in [3.63, 3.8) is 0 Å². The van der Waals surface area contributed by atoms with E-state index in [4.69, 9.17) is 11.6 Å². The third kappa shape index (κ3) is 4.04. The van der Waals surface area contributed by atoms with Gasteiger partial charge in [-0.2, -0.15) is 5.10 Å². The highest BCUT2D eigenvalue weighted by Crippen LogP contribution is 2.16. The second-order valence-electron chi connectivity index (χ2n) is 4.83. The van der Waals surface area contributed by atoms with Crippen molar-refractivity contribution in [3.05, 3.63) is 52.6 Å². The quantitative estimate of drug-likeness (QED) is 0.912. The lowest BCUT2D eigenvalue weighted by molar-refractivity contribution is 0.588. The lowest BCUT2D eigenvalue weighted by Gasteiger charge is -2.05. The molecule has 0 radical (unpaired) electrons. The van der Waals surface area contributed by atoms with E-state index in [1.54, 1.807) is 12.1 Å². The molecule has 0 unspecified atom stereocenters. The van der Waals surface area contributed by atoms with Crippen LogP contribution in [0, 0.1) is 5.82 Å². The summed E-state index contributed by atoms with van der Waals surface area (Å²) in [6.45, 7) is 5.58. The van der Waals surface area contributed by atoms with Gasteiger partial charge in [0.25, 0.3) is 0 Å². The van der Waals surface area contributed by atoms with Crippen LogP contribution >= 0.6 is 11.6 Å². The molecule has 0 amide bonds. The van der Waals surface area contributed by atoms with Gasteiger partial charge in [0, 0.05) is 24.3 Å². The summed E-state index contributed by atoms with van der Waals surface area (Å²) in [6, 6.07) is 5.17. The Bertz CT molecular complexity index is 551. The molecule has 19 heavy (non-hydrogen) atoms. The molecule has 0 aliphatic carbocycles. The Hall–Kier alpha value is -1.39. The molecule has 0 fully saturated rings. The van der Waals surface area contributed by atoms with Gasteiger partial charge in [-0.15, -0.1) is 0 Å². The zero-order valence-electron chi connectivity index (χ0n) is 11.0. The van der Waals surface area contributed by atoms with Crippen LogP contribution in [-0.4, -0.2) is 15.8 Å². The SMILES string of the molecule is CC(C)NCc1cnn(Cc2ccc(F)c(Cl)c2)c1. The summed E-state index contributed by atoms with van der Waals surface area (Å²) >= 11 is 5.76. The van der Waals surface area contributed by atoms with Crippen molar-refractivity contribution in [2.24, 2.45) is 0 Å². The van der Waals surface area contributed by atoms with Crippen LogP contribution in [0.3, 0.4) is 0 Å². The van der Waals surface area contributed by atoms with Crippen LogP contribution in [-0.2, 0) is 13.1 Å². The van der Waals surface area contributed by atoms with Crippen molar-refractivity contribution in [2.75, 3.05) is 0 Å². The van der Waals surface area contributed by atoms with Crippen LogP contribution in [0.4, 0.5) is 4.39 Å². The Balaban J connectivity index is 2.01. The fourth-order valence-corrected chi connectivity index (χ4v) is 1.93. The van der Waals surface area contributed by atoms with E-state index < -0.39 is 5.82 Å². The first-order valence-electron chi connectivity index (χ1n) is 6.23. The summed E-state index contributed by atoms with van der Waals surface area (Å²) in [5, 5.41) is 7.76. The van der Waals surface area contributed by atoms with Crippen molar-refractivity contribution in [3.8, 4) is 0 Å². The molecule has 1 aromatic carbocycles. The van der Waals surface area contributed by atoms with Gasteiger partial charge in [-0.05, 0) is 17.7 Å². The smallest absolute Gasteiger partial charge is 0.141 e. The Labute approximate surface area is 117 Å². The molecular formula is C14H17ClFN3. The maximum absolute atomic E-state index is 13.1. The van der Waals surface area contributed by atoms with Gasteiger partial charge in [-0.25, -0.2) is 4.39 Å². The van der Waals surface area contributed by atoms with Gasteiger partial charge in [-0.1, -0.05) is 31.5 Å². The third-order valence-electron chi connectivity index (χ3n) is 2.73. The predicted octanol–water partition coefficient (Wildman–Crippen LogP) is 3.22. The minimum atomic E-state index is -0.396. The lowest BCUT2D eigenvalue weighted by Crippen LogP contribution is -2.21. The molecule has 0 aliphatic rings. The van der Waals surface area contributed by atoms with Gasteiger partial charge in [0.1, 0.15) is 5.82 Å². The first kappa shape index (κ1) is 14.0. The number of hydrogen-bond acceptors (Lipinski definition) is 2. The average molecular weight is 282 g/mol. The number of halogens is 2. The van der Waals surface area contributed by atoms with E-state index in [1.165, 1.54) is 6.07 Å². The van der Waals surface area contributed by atoms with Gasteiger partial charge in [-0.3, -0.25) is 4.68 Å². The molecule has 1 N–H and O–H groups in total. The van der Waals surface area contributed by atoms with E-state index in [0.29, 0.717) is 12.6 Å². The van der Waals surface area contributed by atoms with Crippen LogP contribution in [0.25, 0.3) is 0 Å². The molecule has 1 aromatic heterocycles. The highest BCUT2D eigenvalue weighted by atomic mass is 35.5. The molecule has 0 saturated carbocycles. The zero-order valence-corrected chi connectivity index (χ0v) is 11.8. The Morgan fingerprint density at radius 2 is 2.16 bits per heavy atom. The fraction of sp³-hybridized carbons (Fsp3) is 0.357. The number of hydrogen-bond donors (Lipinski definition) is 1. The molecule has 2 rings (SSSR count). The van der Waals surface area contributed by atoms with E-state index in [1.807, 2.05) is 17.1 Å². The summed E-state index contributed by atoms with van der Waals surface area (Å²) in [4.78, 5) is 0. The number of benzene rings is 1. The van der Waals surface area contributed by atoms with Crippen LogP contribution in [0.2, 0.25) is 5.02 Å². The average Bonchev–Trinajstić information content (AvgIpc) is 2.79. The number of rotatable bonds is 5. The van der Waals surface area contributed by atoms with E-state index >= 15 is 0 Å². The molecule has 0 atom stereocenters. The summed E-state index contributed by atoms with van der Waals surface area (Å²) in [5.74, 6) is -0.396. The first-order valence-corrected chi connectivity index (χ1v) is 6.61. The summed E-state index contributed by atoms with van der Waals surface area (Å²) in [5.41, 5.74) is 2.06. The monoisotopic (exact) mass is 281 g/mol. The van der Waals surface area contributed by atoms with Crippen molar-refractivity contribution in [2.45, 2.75) is 33.0 Å². The second-order valence-corrected chi connectivity index (χ2v) is 5.24. The van der Waals surface area contributed by atoms with Crippen LogP contribution in [0.15, 0.2) is 30.6 Å². The number of nitrogens with one attached hydrogen (secondary N) is 1. The van der Waals surface area contributed by atoms with Gasteiger partial charge in [0.2, 0.25) is 0 Å². The van der Waals surface area contributed by atoms with Gasteiger partial charge >= 0.3 is 0 Å². The van der Waals surface area contributed by atoms with Crippen LogP contribution in [0.1, 0.15) is 25.0 Å². The maximum atomic E-state index is 13.1. The Morgan fingerprint density at radius 3 is 2.84 bits per heavy atom. The molecule has 3 nitrogen and oxygen atoms in total. The topological polar surface area (TPSA) is 29.9 Å². The first-order chi connectivity index (χ1) is 9.04. The van der Waals surface area contributed by atoms with Gasteiger partial charge < -0.3 is 5.32 Å². The van der Waals surface area contributed by atoms with E-state index in [9.17, 15) is 4.39 Å². The molecule has 0 aliphatic heterocycles. The fourth-order valence-electron chi connectivity index (χ4n) is 1.73. The zero-order chi connectivity index (χ0) is 13.8. The molecule has 2 aromatic rings. The highest BCUT2D eigenvalue weighted by molar-refractivity contribution is 6.30. The molecule has 0 bridgehead atoms. The summed E-state index contributed by atoms with van der Waals surface area (Å²) in [6.07, 6.45) is 3.81. The van der Waals surface area contributed by atoms with Crippen molar-refractivity contribution in [1.82, 2.24) is 15.1 Å². The summed E-state index contributed by atoms with van der Waals surface area (Å²) < 4.78 is 14.9. The van der Waals surface area contributed by atoms with Crippen molar-refractivity contribution in [1.29, 1.82) is 0 Å². The minimum absolute atomic E-state index is 0.145. The van der Waals surface area contributed by atoms with Crippen LogP contribution < -0.4 is 5.32 Å². The Kier molecular flexibility index (Phi) is 4.56. The standard InChI is InChI=1S/C14H17ClFN3/c1-10(2)17-6-12-7-18-19(9-12)8-11-3-4-14(16)13(15)5-11/h3-5,7,9-10,17H,6,8H2,1-2H3. The molecule has 102 valence electrons. The van der Waals surface area contributed by atoms with E-state index in [2.05, 4.69) is 24.3 Å². The molecule has 5 heteroatoms. The minimum Gasteiger partial charge on any atom is -0.310 e. The second kappa shape index (κ2) is 6.17.